The Morgan fingerprint density at radius 3 is 2.85 bits per heavy atom. The maximum atomic E-state index is 11.9. The van der Waals surface area contributed by atoms with Gasteiger partial charge in [0.1, 0.15) is 0 Å². The highest BCUT2D eigenvalue weighted by atomic mass is 35.5. The summed E-state index contributed by atoms with van der Waals surface area (Å²) in [6.07, 6.45) is 0.471. The minimum absolute atomic E-state index is 0. The first-order chi connectivity index (χ1) is 9.06. The molecule has 0 aliphatic heterocycles. The van der Waals surface area contributed by atoms with Gasteiger partial charge in [-0.3, -0.25) is 4.79 Å². The maximum absolute atomic E-state index is 11.9. The Kier molecular flexibility index (Phi) is 5.79. The summed E-state index contributed by atoms with van der Waals surface area (Å²) in [7, 11) is 0. The van der Waals surface area contributed by atoms with Gasteiger partial charge in [0.05, 0.1) is 10.6 Å². The summed E-state index contributed by atoms with van der Waals surface area (Å²) >= 11 is 5.94. The van der Waals surface area contributed by atoms with E-state index in [1.807, 2.05) is 0 Å². The summed E-state index contributed by atoms with van der Waals surface area (Å²) < 4.78 is 4.94. The lowest BCUT2D eigenvalue weighted by molar-refractivity contribution is 0.0953. The molecule has 0 atom stereocenters. The van der Waals surface area contributed by atoms with E-state index in [0.717, 1.165) is 0 Å². The average Bonchev–Trinajstić information content (AvgIpc) is 2.75. The lowest BCUT2D eigenvalue weighted by Crippen LogP contribution is -2.26. The van der Waals surface area contributed by atoms with Crippen LogP contribution in [0.4, 0.5) is 5.69 Å². The fraction of sp³-hybridized carbons (Fsp3) is 0.250. The third-order valence-electron chi connectivity index (χ3n) is 2.43. The molecular formula is C12H14Cl2N4O2. The summed E-state index contributed by atoms with van der Waals surface area (Å²) in [5.41, 5.74) is 6.47. The van der Waals surface area contributed by atoms with E-state index >= 15 is 0 Å². The van der Waals surface area contributed by atoms with Crippen LogP contribution >= 0.6 is 24.0 Å². The summed E-state index contributed by atoms with van der Waals surface area (Å²) in [5, 5.41) is 6.71. The van der Waals surface area contributed by atoms with Crippen LogP contribution in [-0.4, -0.2) is 22.6 Å². The molecule has 1 aromatic carbocycles. The second-order valence-electron chi connectivity index (χ2n) is 3.98. The molecule has 2 aromatic rings. The van der Waals surface area contributed by atoms with Gasteiger partial charge in [0.25, 0.3) is 5.91 Å². The van der Waals surface area contributed by atoms with Crippen LogP contribution in [0.5, 0.6) is 0 Å². The molecule has 0 aliphatic carbocycles. The quantitative estimate of drug-likeness (QED) is 0.841. The molecule has 0 saturated heterocycles. The van der Waals surface area contributed by atoms with Crippen molar-refractivity contribution in [3.05, 3.63) is 40.5 Å². The van der Waals surface area contributed by atoms with Crippen LogP contribution in [0.15, 0.2) is 22.7 Å². The Bertz CT molecular complexity index is 601. The van der Waals surface area contributed by atoms with Crippen molar-refractivity contribution in [3.8, 4) is 0 Å². The van der Waals surface area contributed by atoms with Gasteiger partial charge in [-0.05, 0) is 25.1 Å². The van der Waals surface area contributed by atoms with Crippen molar-refractivity contribution < 1.29 is 9.32 Å². The van der Waals surface area contributed by atoms with E-state index in [-0.39, 0.29) is 18.3 Å². The molecule has 2 rings (SSSR count). The predicted octanol–water partition coefficient (Wildman–Crippen LogP) is 2.01. The number of rotatable bonds is 4. The van der Waals surface area contributed by atoms with Crippen molar-refractivity contribution in [3.63, 3.8) is 0 Å². The van der Waals surface area contributed by atoms with Crippen molar-refractivity contribution >= 4 is 35.6 Å². The van der Waals surface area contributed by atoms with Gasteiger partial charge in [0.2, 0.25) is 5.89 Å². The summed E-state index contributed by atoms with van der Waals surface area (Å²) in [5.74, 6) is 0.797. The molecule has 8 heteroatoms. The van der Waals surface area contributed by atoms with Crippen LogP contribution in [0.25, 0.3) is 0 Å². The Morgan fingerprint density at radius 2 is 2.25 bits per heavy atom. The van der Waals surface area contributed by atoms with Gasteiger partial charge >= 0.3 is 0 Å². The van der Waals surface area contributed by atoms with Crippen molar-refractivity contribution in [2.45, 2.75) is 13.3 Å². The monoisotopic (exact) mass is 316 g/mol. The third-order valence-corrected chi connectivity index (χ3v) is 2.74. The molecule has 0 radical (unpaired) electrons. The number of aryl methyl sites for hydroxylation is 1. The van der Waals surface area contributed by atoms with Crippen molar-refractivity contribution in [2.75, 3.05) is 12.3 Å². The van der Waals surface area contributed by atoms with Crippen LogP contribution in [-0.2, 0) is 6.42 Å². The number of amides is 1. The van der Waals surface area contributed by atoms with Crippen LogP contribution in [0.1, 0.15) is 22.1 Å². The first-order valence-corrected chi connectivity index (χ1v) is 6.06. The van der Waals surface area contributed by atoms with E-state index in [2.05, 4.69) is 15.5 Å². The van der Waals surface area contributed by atoms with Crippen LogP contribution in [0, 0.1) is 6.92 Å². The first-order valence-electron chi connectivity index (χ1n) is 5.68. The number of hydrogen-bond donors (Lipinski definition) is 2. The van der Waals surface area contributed by atoms with Gasteiger partial charge in [-0.1, -0.05) is 16.8 Å². The maximum Gasteiger partial charge on any atom is 0.252 e. The number of aromatic nitrogens is 2. The number of nitrogen functional groups attached to an aromatic ring is 1. The molecule has 0 unspecified atom stereocenters. The molecule has 0 spiro atoms. The average molecular weight is 317 g/mol. The normalized spacial score (nSPS) is 9.90. The molecular weight excluding hydrogens is 303 g/mol. The van der Waals surface area contributed by atoms with E-state index < -0.39 is 0 Å². The Hall–Kier alpha value is -1.79. The zero-order valence-corrected chi connectivity index (χ0v) is 12.3. The SMILES string of the molecule is Cc1noc(CCNC(=O)c2ccc(N)cc2Cl)n1.Cl. The van der Waals surface area contributed by atoms with Gasteiger partial charge in [0, 0.05) is 18.7 Å². The largest absolute Gasteiger partial charge is 0.399 e. The van der Waals surface area contributed by atoms with Crippen molar-refractivity contribution in [1.29, 1.82) is 0 Å². The number of nitrogens with zero attached hydrogens (tertiary/aromatic N) is 2. The Morgan fingerprint density at radius 1 is 1.50 bits per heavy atom. The molecule has 0 fully saturated rings. The van der Waals surface area contributed by atoms with Gasteiger partial charge in [-0.15, -0.1) is 12.4 Å². The Labute approximate surface area is 127 Å². The van der Waals surface area contributed by atoms with Gasteiger partial charge in [-0.2, -0.15) is 4.98 Å². The summed E-state index contributed by atoms with van der Waals surface area (Å²) in [6.45, 7) is 2.13. The number of nitrogens with two attached hydrogens (primary N) is 1. The lowest BCUT2D eigenvalue weighted by Gasteiger charge is -2.06. The number of nitrogens with one attached hydrogen (secondary N) is 1. The molecule has 108 valence electrons. The molecule has 3 N–H and O–H groups in total. The van der Waals surface area contributed by atoms with Gasteiger partial charge in [0.15, 0.2) is 5.82 Å². The van der Waals surface area contributed by atoms with E-state index in [1.54, 1.807) is 19.1 Å². The molecule has 1 amide bonds. The highest BCUT2D eigenvalue weighted by Gasteiger charge is 2.10. The smallest absolute Gasteiger partial charge is 0.252 e. The lowest BCUT2D eigenvalue weighted by atomic mass is 10.2. The van der Waals surface area contributed by atoms with E-state index in [9.17, 15) is 4.79 Å². The summed E-state index contributed by atoms with van der Waals surface area (Å²) in [4.78, 5) is 15.9. The molecule has 20 heavy (non-hydrogen) atoms. The minimum atomic E-state index is -0.263. The minimum Gasteiger partial charge on any atom is -0.399 e. The molecule has 0 bridgehead atoms. The number of benzene rings is 1. The van der Waals surface area contributed by atoms with Crippen LogP contribution < -0.4 is 11.1 Å². The molecule has 0 saturated carbocycles. The van der Waals surface area contributed by atoms with E-state index in [0.29, 0.717) is 41.0 Å². The number of halogens is 2. The fourth-order valence-electron chi connectivity index (χ4n) is 1.54. The van der Waals surface area contributed by atoms with E-state index in [1.165, 1.54) is 6.07 Å². The second-order valence-corrected chi connectivity index (χ2v) is 4.39. The fourth-order valence-corrected chi connectivity index (χ4v) is 1.81. The summed E-state index contributed by atoms with van der Waals surface area (Å²) in [6, 6.07) is 4.75. The highest BCUT2D eigenvalue weighted by Crippen LogP contribution is 2.18. The molecule has 1 heterocycles. The van der Waals surface area contributed by atoms with Gasteiger partial charge in [-0.25, -0.2) is 0 Å². The molecule has 0 aliphatic rings. The van der Waals surface area contributed by atoms with Gasteiger partial charge < -0.3 is 15.6 Å². The standard InChI is InChI=1S/C12H13ClN4O2.ClH/c1-7-16-11(19-17-7)4-5-15-12(18)9-3-2-8(14)6-10(9)13;/h2-3,6H,4-5,14H2,1H3,(H,15,18);1H. The topological polar surface area (TPSA) is 94.0 Å². The number of carbonyl (C=O) groups excluding carboxylic acids is 1. The highest BCUT2D eigenvalue weighted by molar-refractivity contribution is 6.34. The number of carbonyl (C=O) groups is 1. The first kappa shape index (κ1) is 16.3. The third kappa shape index (κ3) is 4.11. The molecule has 6 nitrogen and oxygen atoms in total. The van der Waals surface area contributed by atoms with Crippen molar-refractivity contribution in [1.82, 2.24) is 15.5 Å². The zero-order chi connectivity index (χ0) is 13.8. The zero-order valence-electron chi connectivity index (χ0n) is 10.7. The van der Waals surface area contributed by atoms with Crippen LogP contribution in [0.3, 0.4) is 0 Å². The van der Waals surface area contributed by atoms with E-state index in [4.69, 9.17) is 21.9 Å². The van der Waals surface area contributed by atoms with Crippen LogP contribution in [0.2, 0.25) is 5.02 Å². The number of anilines is 1. The molecule has 1 aromatic heterocycles. The Balaban J connectivity index is 0.00000200. The number of hydrogen-bond acceptors (Lipinski definition) is 5. The predicted molar refractivity (Wildman–Crippen MR) is 78.2 cm³/mol. The second kappa shape index (κ2) is 7.12. The van der Waals surface area contributed by atoms with Crippen molar-refractivity contribution in [2.24, 2.45) is 0 Å².